The Labute approximate surface area is 90.0 Å². The van der Waals surface area contributed by atoms with Gasteiger partial charge >= 0.3 is 0 Å². The molecule has 0 bridgehead atoms. The molecule has 0 radical (unpaired) electrons. The maximum Gasteiger partial charge on any atom is 0.241 e. The van der Waals surface area contributed by atoms with Crippen LogP contribution in [0.5, 0.6) is 0 Å². The predicted octanol–water partition coefficient (Wildman–Crippen LogP) is 2.75. The predicted molar refractivity (Wildman–Crippen MR) is 53.0 cm³/mol. The van der Waals surface area contributed by atoms with Crippen molar-refractivity contribution in [3.8, 4) is 0 Å². The van der Waals surface area contributed by atoms with Gasteiger partial charge in [0.2, 0.25) is 5.89 Å². The van der Waals surface area contributed by atoms with E-state index in [0.717, 1.165) is 5.02 Å². The minimum absolute atomic E-state index is 0.292. The smallest absolute Gasteiger partial charge is 0.241 e. The lowest BCUT2D eigenvalue weighted by Crippen LogP contribution is -1.84. The molecule has 0 saturated carbocycles. The van der Waals surface area contributed by atoms with Gasteiger partial charge in [0.1, 0.15) is 5.88 Å². The summed E-state index contributed by atoms with van der Waals surface area (Å²) in [4.78, 5) is 3.62. The van der Waals surface area contributed by atoms with Gasteiger partial charge in [0.25, 0.3) is 0 Å². The first-order chi connectivity index (χ1) is 6.81. The molecule has 3 rings (SSSR count). The highest BCUT2D eigenvalue weighted by atomic mass is 35.5. The van der Waals surface area contributed by atoms with Crippen LogP contribution >= 0.6 is 23.2 Å². The van der Waals surface area contributed by atoms with E-state index in [2.05, 4.69) is 20.7 Å². The van der Waals surface area contributed by atoms with Crippen LogP contribution < -0.4 is 0 Å². The van der Waals surface area contributed by atoms with Crippen LogP contribution in [0.3, 0.4) is 0 Å². The summed E-state index contributed by atoms with van der Waals surface area (Å²) in [5.74, 6) is 0.752. The van der Waals surface area contributed by atoms with Gasteiger partial charge < -0.3 is 4.52 Å². The van der Waals surface area contributed by atoms with Crippen molar-refractivity contribution >= 4 is 23.2 Å². The first-order valence-corrected chi connectivity index (χ1v) is 4.84. The van der Waals surface area contributed by atoms with Crippen LogP contribution in [-0.4, -0.2) is 10.1 Å². The second kappa shape index (κ2) is 3.98. The van der Waals surface area contributed by atoms with Crippen molar-refractivity contribution in [3.63, 3.8) is 0 Å². The molecule has 0 fully saturated rings. The third-order valence-electron chi connectivity index (χ3n) is 1.80. The van der Waals surface area contributed by atoms with Crippen LogP contribution in [0.25, 0.3) is 0 Å². The molecule has 1 aromatic rings. The second-order valence-electron chi connectivity index (χ2n) is 2.66. The van der Waals surface area contributed by atoms with Gasteiger partial charge in [-0.3, -0.25) is 0 Å². The van der Waals surface area contributed by atoms with Gasteiger partial charge in [-0.25, -0.2) is 0 Å². The van der Waals surface area contributed by atoms with E-state index in [0.29, 0.717) is 11.8 Å². The highest BCUT2D eigenvalue weighted by Crippen LogP contribution is 2.20. The van der Waals surface area contributed by atoms with Gasteiger partial charge in [-0.1, -0.05) is 28.9 Å². The zero-order valence-corrected chi connectivity index (χ0v) is 8.59. The average molecular weight is 229 g/mol. The molecule has 3 nitrogen and oxygen atoms in total. The molecule has 2 aliphatic rings. The molecule has 0 aromatic carbocycles. The van der Waals surface area contributed by atoms with E-state index in [-0.39, 0.29) is 0 Å². The van der Waals surface area contributed by atoms with E-state index in [1.807, 2.05) is 12.1 Å². The van der Waals surface area contributed by atoms with E-state index in [9.17, 15) is 0 Å². The number of aromatic nitrogens is 2. The summed E-state index contributed by atoms with van der Waals surface area (Å²) in [7, 11) is 0. The lowest BCUT2D eigenvalue weighted by molar-refractivity contribution is 0.389. The SMILES string of the molecule is ClCc1ncno1.Clc1cc2ccc1=2. The molecule has 0 spiro atoms. The van der Waals surface area contributed by atoms with Crippen molar-refractivity contribution < 1.29 is 4.52 Å². The van der Waals surface area contributed by atoms with Crippen LogP contribution in [-0.2, 0) is 5.88 Å². The zero-order valence-electron chi connectivity index (χ0n) is 7.08. The Balaban J connectivity index is 0.000000107. The fourth-order valence-corrected chi connectivity index (χ4v) is 1.41. The molecule has 1 heterocycles. The lowest BCUT2D eigenvalue weighted by atomic mass is 10.1. The van der Waals surface area contributed by atoms with Gasteiger partial charge in [-0.05, 0) is 11.3 Å². The molecule has 14 heavy (non-hydrogen) atoms. The van der Waals surface area contributed by atoms with E-state index in [4.69, 9.17) is 23.2 Å². The number of nitrogens with zero attached hydrogens (tertiary/aromatic N) is 2. The van der Waals surface area contributed by atoms with Crippen LogP contribution in [0.2, 0.25) is 5.02 Å². The Hall–Kier alpha value is -1.06. The highest BCUT2D eigenvalue weighted by molar-refractivity contribution is 6.31. The van der Waals surface area contributed by atoms with E-state index >= 15 is 0 Å². The molecule has 0 N–H and O–H groups in total. The Bertz CT molecular complexity index is 510. The summed E-state index contributed by atoms with van der Waals surface area (Å²) in [6, 6.07) is 6.05. The molecule has 0 unspecified atom stereocenters. The number of halogens is 2. The lowest BCUT2D eigenvalue weighted by Gasteiger charge is -2.01. The molecule has 0 aliphatic heterocycles. The Kier molecular flexibility index (Phi) is 2.70. The first kappa shape index (κ1) is 9.49. The fourth-order valence-electron chi connectivity index (χ4n) is 0.998. The van der Waals surface area contributed by atoms with Crippen molar-refractivity contribution in [2.45, 2.75) is 5.88 Å². The Morgan fingerprint density at radius 3 is 2.36 bits per heavy atom. The largest absolute Gasteiger partial charge is 0.338 e. The van der Waals surface area contributed by atoms with Crippen LogP contribution in [0.15, 0.2) is 29.0 Å². The monoisotopic (exact) mass is 228 g/mol. The van der Waals surface area contributed by atoms with Crippen LogP contribution in [0, 0.1) is 10.4 Å². The molecule has 0 amide bonds. The van der Waals surface area contributed by atoms with Gasteiger partial charge in [-0.2, -0.15) is 4.98 Å². The average Bonchev–Trinajstić information content (AvgIpc) is 2.67. The highest BCUT2D eigenvalue weighted by Gasteiger charge is 1.99. The van der Waals surface area contributed by atoms with Gasteiger partial charge in [0.15, 0.2) is 6.33 Å². The van der Waals surface area contributed by atoms with Crippen molar-refractivity contribution in [2.75, 3.05) is 0 Å². The maximum absolute atomic E-state index is 5.60. The van der Waals surface area contributed by atoms with Gasteiger partial charge in [0.05, 0.1) is 0 Å². The molecular formula is C9H6Cl2N2O. The van der Waals surface area contributed by atoms with Crippen molar-refractivity contribution in [3.05, 3.63) is 45.9 Å². The molecule has 2 aliphatic carbocycles. The van der Waals surface area contributed by atoms with Crippen molar-refractivity contribution in [1.29, 1.82) is 0 Å². The van der Waals surface area contributed by atoms with E-state index in [1.54, 1.807) is 0 Å². The van der Waals surface area contributed by atoms with E-state index < -0.39 is 0 Å². The zero-order chi connectivity index (χ0) is 9.97. The summed E-state index contributed by atoms with van der Waals surface area (Å²) < 4.78 is 4.49. The minimum atomic E-state index is 0.292. The van der Waals surface area contributed by atoms with Crippen LogP contribution in [0.4, 0.5) is 0 Å². The number of alkyl halides is 1. The number of hydrogen-bond acceptors (Lipinski definition) is 3. The minimum Gasteiger partial charge on any atom is -0.338 e. The number of rotatable bonds is 1. The molecule has 0 atom stereocenters. The summed E-state index contributed by atoms with van der Waals surface area (Å²) in [6.07, 6.45) is 1.32. The molecule has 5 heteroatoms. The Morgan fingerprint density at radius 2 is 2.21 bits per heavy atom. The van der Waals surface area contributed by atoms with Crippen LogP contribution in [0.1, 0.15) is 5.89 Å². The van der Waals surface area contributed by atoms with E-state index in [1.165, 1.54) is 16.8 Å². The van der Waals surface area contributed by atoms with Gasteiger partial charge in [0, 0.05) is 10.2 Å². The topological polar surface area (TPSA) is 38.9 Å². The van der Waals surface area contributed by atoms with Crippen molar-refractivity contribution in [2.24, 2.45) is 0 Å². The third-order valence-corrected chi connectivity index (χ3v) is 2.34. The normalized spacial score (nSPS) is 10.4. The molecular weight excluding hydrogens is 223 g/mol. The summed E-state index contributed by atoms with van der Waals surface area (Å²) >= 11 is 10.9. The standard InChI is InChI=1S/C6H3Cl.C3H3ClN2O/c7-6-3-4-1-2-5(4)6;4-1-3-5-2-6-7-3/h1-3H;2H,1H2. The first-order valence-electron chi connectivity index (χ1n) is 3.92. The second-order valence-corrected chi connectivity index (χ2v) is 3.34. The Morgan fingerprint density at radius 1 is 1.36 bits per heavy atom. The summed E-state index contributed by atoms with van der Waals surface area (Å²) in [5.41, 5.74) is 0. The van der Waals surface area contributed by atoms with Gasteiger partial charge in [-0.15, -0.1) is 11.6 Å². The number of hydrogen-bond donors (Lipinski definition) is 0. The summed E-state index contributed by atoms with van der Waals surface area (Å²) in [5, 5.41) is 6.78. The maximum atomic E-state index is 5.60. The summed E-state index contributed by atoms with van der Waals surface area (Å²) in [6.45, 7) is 0. The quantitative estimate of drug-likeness (QED) is 0.602. The number of benzene rings is 1. The molecule has 72 valence electrons. The molecule has 1 aromatic heterocycles. The fraction of sp³-hybridized carbons (Fsp3) is 0.111. The molecule has 0 saturated heterocycles. The third kappa shape index (κ3) is 1.74. The van der Waals surface area contributed by atoms with Crippen molar-refractivity contribution in [1.82, 2.24) is 10.1 Å².